The topological polar surface area (TPSA) is 49.9 Å². The fourth-order valence-electron chi connectivity index (χ4n) is 2.32. The van der Waals surface area contributed by atoms with Gasteiger partial charge >= 0.3 is 0 Å². The van der Waals surface area contributed by atoms with Crippen LogP contribution in [0.3, 0.4) is 0 Å². The largest absolute Gasteiger partial charge is 0.381 e. The van der Waals surface area contributed by atoms with E-state index in [-0.39, 0.29) is 5.82 Å². The van der Waals surface area contributed by atoms with E-state index in [1.54, 1.807) is 6.07 Å². The Morgan fingerprint density at radius 2 is 2.39 bits per heavy atom. The lowest BCUT2D eigenvalue weighted by Gasteiger charge is -2.29. The van der Waals surface area contributed by atoms with Gasteiger partial charge in [-0.05, 0) is 30.5 Å². The molecule has 2 N–H and O–H groups in total. The maximum absolute atomic E-state index is 13.1. The van der Waals surface area contributed by atoms with E-state index in [0.717, 1.165) is 30.7 Å². The lowest BCUT2D eigenvalue weighted by molar-refractivity contribution is 0.0536. The van der Waals surface area contributed by atoms with Gasteiger partial charge < -0.3 is 15.0 Å². The third kappa shape index (κ3) is 2.18. The van der Waals surface area contributed by atoms with E-state index in [1.165, 1.54) is 12.1 Å². The number of nitrogens with zero attached hydrogens (tertiary/aromatic N) is 1. The van der Waals surface area contributed by atoms with Crippen LogP contribution in [0.1, 0.15) is 13.3 Å². The number of anilines is 1. The maximum Gasteiger partial charge on any atom is 0.201 e. The zero-order valence-electron chi connectivity index (χ0n) is 10.2. The number of aromatic amines is 1. The molecule has 1 aliphatic heterocycles. The van der Waals surface area contributed by atoms with Gasteiger partial charge in [-0.3, -0.25) is 0 Å². The highest BCUT2D eigenvalue weighted by Crippen LogP contribution is 2.20. The molecule has 0 aliphatic carbocycles. The normalized spacial score (nSPS) is 24.3. The molecule has 18 heavy (non-hydrogen) atoms. The van der Waals surface area contributed by atoms with Crippen LogP contribution in [0.15, 0.2) is 18.2 Å². The van der Waals surface area contributed by atoms with E-state index in [0.29, 0.717) is 17.9 Å². The molecule has 0 radical (unpaired) electrons. The van der Waals surface area contributed by atoms with Gasteiger partial charge in [0.05, 0.1) is 17.6 Å². The third-order valence-corrected chi connectivity index (χ3v) is 3.41. The summed E-state index contributed by atoms with van der Waals surface area (Å²) in [5.41, 5.74) is 1.50. The van der Waals surface area contributed by atoms with Gasteiger partial charge in [-0.15, -0.1) is 0 Å². The van der Waals surface area contributed by atoms with Crippen LogP contribution < -0.4 is 5.32 Å². The minimum absolute atomic E-state index is 0.253. The molecule has 1 fully saturated rings. The highest BCUT2D eigenvalue weighted by molar-refractivity contribution is 5.77. The number of ether oxygens (including phenoxy) is 1. The van der Waals surface area contributed by atoms with Crippen LogP contribution in [0.4, 0.5) is 10.3 Å². The molecule has 1 saturated heterocycles. The molecular formula is C13H16FN3O. The number of H-pyrrole nitrogens is 1. The predicted octanol–water partition coefficient (Wildman–Crippen LogP) is 2.54. The average molecular weight is 249 g/mol. The summed E-state index contributed by atoms with van der Waals surface area (Å²) in [5.74, 6) is 0.898. The van der Waals surface area contributed by atoms with Gasteiger partial charge in [-0.1, -0.05) is 6.92 Å². The predicted molar refractivity (Wildman–Crippen MR) is 68.1 cm³/mol. The van der Waals surface area contributed by atoms with Gasteiger partial charge in [0.15, 0.2) is 0 Å². The van der Waals surface area contributed by atoms with Gasteiger partial charge in [-0.25, -0.2) is 9.37 Å². The first-order valence-electron chi connectivity index (χ1n) is 6.22. The lowest BCUT2D eigenvalue weighted by atomic mass is 9.98. The van der Waals surface area contributed by atoms with Crippen molar-refractivity contribution < 1.29 is 9.13 Å². The number of rotatable bonds is 2. The first-order valence-corrected chi connectivity index (χ1v) is 6.22. The quantitative estimate of drug-likeness (QED) is 0.860. The van der Waals surface area contributed by atoms with Crippen LogP contribution >= 0.6 is 0 Å². The summed E-state index contributed by atoms with van der Waals surface area (Å²) >= 11 is 0. The second-order valence-electron chi connectivity index (χ2n) is 4.84. The van der Waals surface area contributed by atoms with Crippen LogP contribution in [0.5, 0.6) is 0 Å². The molecular weight excluding hydrogens is 233 g/mol. The first-order chi connectivity index (χ1) is 8.72. The second-order valence-corrected chi connectivity index (χ2v) is 4.84. The maximum atomic E-state index is 13.1. The number of hydrogen-bond acceptors (Lipinski definition) is 3. The molecule has 0 bridgehead atoms. The summed E-state index contributed by atoms with van der Waals surface area (Å²) in [6.07, 6.45) is 0.965. The second kappa shape index (κ2) is 4.57. The van der Waals surface area contributed by atoms with E-state index in [4.69, 9.17) is 4.74 Å². The van der Waals surface area contributed by atoms with Crippen LogP contribution in [-0.4, -0.2) is 29.2 Å². The minimum atomic E-state index is -0.253. The summed E-state index contributed by atoms with van der Waals surface area (Å²) in [6, 6.07) is 4.91. The molecule has 0 saturated carbocycles. The molecule has 1 aromatic carbocycles. The number of hydrogen-bond donors (Lipinski definition) is 2. The van der Waals surface area contributed by atoms with Crippen molar-refractivity contribution in [3.63, 3.8) is 0 Å². The molecule has 1 aromatic heterocycles. The van der Waals surface area contributed by atoms with Crippen LogP contribution in [0.25, 0.3) is 11.0 Å². The molecule has 0 spiro atoms. The van der Waals surface area contributed by atoms with Gasteiger partial charge in [0, 0.05) is 12.6 Å². The highest BCUT2D eigenvalue weighted by atomic mass is 19.1. The van der Waals surface area contributed by atoms with E-state index < -0.39 is 0 Å². The van der Waals surface area contributed by atoms with Crippen molar-refractivity contribution in [2.45, 2.75) is 19.4 Å². The van der Waals surface area contributed by atoms with Crippen LogP contribution in [0.2, 0.25) is 0 Å². The average Bonchev–Trinajstić information content (AvgIpc) is 2.73. The Bertz CT molecular complexity index is 554. The summed E-state index contributed by atoms with van der Waals surface area (Å²) < 4.78 is 18.5. The fourth-order valence-corrected chi connectivity index (χ4v) is 2.32. The van der Waals surface area contributed by atoms with Crippen molar-refractivity contribution in [2.75, 3.05) is 18.5 Å². The SMILES string of the molecule is CC1COCCC1Nc1nc2ccc(F)cc2[nH]1. The standard InChI is InChI=1S/C13H16FN3O/c1-8-7-18-5-4-10(8)15-13-16-11-3-2-9(14)6-12(11)17-13/h2-3,6,8,10H,4-5,7H2,1H3,(H2,15,16,17). The lowest BCUT2D eigenvalue weighted by Crippen LogP contribution is -2.36. The molecule has 0 amide bonds. The Morgan fingerprint density at radius 3 is 3.22 bits per heavy atom. The van der Waals surface area contributed by atoms with E-state index >= 15 is 0 Å². The van der Waals surface area contributed by atoms with Crippen LogP contribution in [0, 0.1) is 11.7 Å². The zero-order valence-corrected chi connectivity index (χ0v) is 10.2. The van der Waals surface area contributed by atoms with E-state index in [2.05, 4.69) is 22.2 Å². The van der Waals surface area contributed by atoms with Gasteiger partial charge in [0.25, 0.3) is 0 Å². The summed E-state index contributed by atoms with van der Waals surface area (Å²) in [5, 5.41) is 3.37. The van der Waals surface area contributed by atoms with Crippen molar-refractivity contribution >= 4 is 17.0 Å². The van der Waals surface area contributed by atoms with Crippen molar-refractivity contribution in [2.24, 2.45) is 5.92 Å². The number of nitrogens with one attached hydrogen (secondary N) is 2. The fraction of sp³-hybridized carbons (Fsp3) is 0.462. The molecule has 1 aliphatic rings. The monoisotopic (exact) mass is 249 g/mol. The summed E-state index contributed by atoms with van der Waals surface area (Å²) in [6.45, 7) is 3.70. The Balaban J connectivity index is 1.81. The Morgan fingerprint density at radius 1 is 1.50 bits per heavy atom. The van der Waals surface area contributed by atoms with Gasteiger partial charge in [0.1, 0.15) is 5.82 Å². The van der Waals surface area contributed by atoms with Crippen molar-refractivity contribution in [1.82, 2.24) is 9.97 Å². The Hall–Kier alpha value is -1.62. The number of imidazole rings is 1. The molecule has 2 aromatic rings. The number of aromatic nitrogens is 2. The molecule has 96 valence electrons. The molecule has 2 atom stereocenters. The molecule has 4 nitrogen and oxygen atoms in total. The summed E-state index contributed by atoms with van der Waals surface area (Å²) in [7, 11) is 0. The smallest absolute Gasteiger partial charge is 0.201 e. The minimum Gasteiger partial charge on any atom is -0.381 e. The van der Waals surface area contributed by atoms with Crippen molar-refractivity contribution in [1.29, 1.82) is 0 Å². The first kappa shape index (κ1) is 11.5. The van der Waals surface area contributed by atoms with Crippen LogP contribution in [-0.2, 0) is 4.74 Å². The molecule has 3 rings (SSSR count). The van der Waals surface area contributed by atoms with E-state index in [9.17, 15) is 4.39 Å². The number of fused-ring (bicyclic) bond motifs is 1. The molecule has 5 heteroatoms. The van der Waals surface area contributed by atoms with Gasteiger partial charge in [0.2, 0.25) is 5.95 Å². The van der Waals surface area contributed by atoms with Gasteiger partial charge in [-0.2, -0.15) is 0 Å². The Kier molecular flexibility index (Phi) is 2.91. The molecule has 2 heterocycles. The molecule has 2 unspecified atom stereocenters. The third-order valence-electron chi connectivity index (χ3n) is 3.41. The zero-order chi connectivity index (χ0) is 12.5. The van der Waals surface area contributed by atoms with E-state index in [1.807, 2.05) is 0 Å². The number of benzene rings is 1. The Labute approximate surface area is 105 Å². The number of halogens is 1. The van der Waals surface area contributed by atoms with Crippen molar-refractivity contribution in [3.8, 4) is 0 Å². The highest BCUT2D eigenvalue weighted by Gasteiger charge is 2.22. The van der Waals surface area contributed by atoms with Crippen molar-refractivity contribution in [3.05, 3.63) is 24.0 Å². The summed E-state index contributed by atoms with van der Waals surface area (Å²) in [4.78, 5) is 7.51.